The van der Waals surface area contributed by atoms with Crippen molar-refractivity contribution in [2.45, 2.75) is 71.9 Å². The van der Waals surface area contributed by atoms with Crippen molar-refractivity contribution in [3.05, 3.63) is 35.4 Å². The van der Waals surface area contributed by atoms with Gasteiger partial charge in [0.05, 0.1) is 0 Å². The summed E-state index contributed by atoms with van der Waals surface area (Å²) in [5.74, 6) is -0.397. The second-order valence-corrected chi connectivity index (χ2v) is 7.46. The third-order valence-electron chi connectivity index (χ3n) is 4.86. The predicted molar refractivity (Wildman–Crippen MR) is 96.4 cm³/mol. The molecular formula is C20H30N2O2. The minimum absolute atomic E-state index is 0.170. The van der Waals surface area contributed by atoms with Crippen LogP contribution in [-0.4, -0.2) is 17.9 Å². The fourth-order valence-electron chi connectivity index (χ4n) is 3.12. The Hall–Kier alpha value is -1.84. The molecule has 1 aromatic carbocycles. The molecule has 2 N–H and O–H groups in total. The molecular weight excluding hydrogens is 300 g/mol. The predicted octanol–water partition coefficient (Wildman–Crippen LogP) is 3.48. The summed E-state index contributed by atoms with van der Waals surface area (Å²) in [6.45, 7) is 5.87. The maximum absolute atomic E-state index is 12.6. The minimum Gasteiger partial charge on any atom is -0.352 e. The summed E-state index contributed by atoms with van der Waals surface area (Å²) in [7, 11) is 0. The van der Waals surface area contributed by atoms with Gasteiger partial charge in [-0.2, -0.15) is 0 Å². The molecule has 0 bridgehead atoms. The Morgan fingerprint density at radius 1 is 1.08 bits per heavy atom. The molecule has 1 aromatic rings. The summed E-state index contributed by atoms with van der Waals surface area (Å²) < 4.78 is 0. The van der Waals surface area contributed by atoms with Gasteiger partial charge in [0.25, 0.3) is 0 Å². The van der Waals surface area contributed by atoms with Crippen LogP contribution < -0.4 is 10.6 Å². The molecule has 2 rings (SSSR count). The lowest BCUT2D eigenvalue weighted by Crippen LogP contribution is -2.50. The number of amides is 2. The van der Waals surface area contributed by atoms with Crippen molar-refractivity contribution in [1.29, 1.82) is 0 Å². The second-order valence-electron chi connectivity index (χ2n) is 7.46. The van der Waals surface area contributed by atoms with Gasteiger partial charge in [-0.05, 0) is 39.2 Å². The summed E-state index contributed by atoms with van der Waals surface area (Å²) in [4.78, 5) is 25.1. The van der Waals surface area contributed by atoms with Crippen LogP contribution >= 0.6 is 0 Å². The molecule has 4 nitrogen and oxygen atoms in total. The highest BCUT2D eigenvalue weighted by Crippen LogP contribution is 2.21. The van der Waals surface area contributed by atoms with Crippen LogP contribution in [0.2, 0.25) is 0 Å². The van der Waals surface area contributed by atoms with E-state index in [1.165, 1.54) is 12.8 Å². The van der Waals surface area contributed by atoms with Gasteiger partial charge in [0.1, 0.15) is 5.41 Å². The molecule has 4 heteroatoms. The Morgan fingerprint density at radius 2 is 1.75 bits per heavy atom. The quantitative estimate of drug-likeness (QED) is 0.641. The lowest BCUT2D eigenvalue weighted by atomic mass is 9.90. The zero-order chi connectivity index (χ0) is 17.6. The first-order chi connectivity index (χ1) is 11.4. The zero-order valence-electron chi connectivity index (χ0n) is 15.2. The number of hydrogen-bond acceptors (Lipinski definition) is 2. The summed E-state index contributed by atoms with van der Waals surface area (Å²) in [6.07, 6.45) is 6.84. The molecule has 0 unspecified atom stereocenters. The maximum atomic E-state index is 12.6. The lowest BCUT2D eigenvalue weighted by Gasteiger charge is -2.26. The van der Waals surface area contributed by atoms with E-state index < -0.39 is 5.41 Å². The highest BCUT2D eigenvalue weighted by molar-refractivity contribution is 6.04. The number of carbonyl (C=O) groups excluding carboxylic acids is 2. The number of hydrogen-bond donors (Lipinski definition) is 2. The molecule has 0 atom stereocenters. The maximum Gasteiger partial charge on any atom is 0.235 e. The molecule has 1 aliphatic rings. The Morgan fingerprint density at radius 3 is 2.38 bits per heavy atom. The first kappa shape index (κ1) is 18.5. The number of carbonyl (C=O) groups is 2. The first-order valence-electron chi connectivity index (χ1n) is 9.04. The fraction of sp³-hybridized carbons (Fsp3) is 0.600. The van der Waals surface area contributed by atoms with Crippen molar-refractivity contribution in [1.82, 2.24) is 10.6 Å². The van der Waals surface area contributed by atoms with Crippen LogP contribution in [0.1, 0.15) is 63.5 Å². The first-order valence-corrected chi connectivity index (χ1v) is 9.04. The third-order valence-corrected chi connectivity index (χ3v) is 4.86. The van der Waals surface area contributed by atoms with Crippen molar-refractivity contribution in [3.8, 4) is 0 Å². The van der Waals surface area contributed by atoms with Gasteiger partial charge in [-0.3, -0.25) is 9.59 Å². The van der Waals surface area contributed by atoms with E-state index >= 15 is 0 Å². The Balaban J connectivity index is 1.89. The van der Waals surface area contributed by atoms with Crippen molar-refractivity contribution < 1.29 is 9.59 Å². The Labute approximate surface area is 145 Å². The Kier molecular flexibility index (Phi) is 6.41. The van der Waals surface area contributed by atoms with Gasteiger partial charge in [0.15, 0.2) is 0 Å². The molecule has 1 saturated carbocycles. The highest BCUT2D eigenvalue weighted by Gasteiger charge is 2.36. The van der Waals surface area contributed by atoms with Gasteiger partial charge in [0.2, 0.25) is 11.8 Å². The zero-order valence-corrected chi connectivity index (χ0v) is 15.2. The van der Waals surface area contributed by atoms with E-state index in [0.717, 1.165) is 36.8 Å². The van der Waals surface area contributed by atoms with Gasteiger partial charge in [0, 0.05) is 12.6 Å². The smallest absolute Gasteiger partial charge is 0.235 e. The van der Waals surface area contributed by atoms with Crippen molar-refractivity contribution in [2.24, 2.45) is 5.41 Å². The number of aryl methyl sites for hydroxylation is 1. The monoisotopic (exact) mass is 330 g/mol. The Bertz CT molecular complexity index is 573. The third kappa shape index (κ3) is 5.08. The van der Waals surface area contributed by atoms with Gasteiger partial charge < -0.3 is 10.6 Å². The van der Waals surface area contributed by atoms with E-state index in [0.29, 0.717) is 6.54 Å². The molecule has 24 heavy (non-hydrogen) atoms. The van der Waals surface area contributed by atoms with Crippen LogP contribution in [0.25, 0.3) is 0 Å². The number of nitrogens with one attached hydrogen (secondary N) is 2. The normalized spacial score (nSPS) is 16.3. The van der Waals surface area contributed by atoms with Crippen molar-refractivity contribution in [2.75, 3.05) is 0 Å². The van der Waals surface area contributed by atoms with E-state index in [1.54, 1.807) is 13.8 Å². The highest BCUT2D eigenvalue weighted by atomic mass is 16.2. The largest absolute Gasteiger partial charge is 0.352 e. The summed E-state index contributed by atoms with van der Waals surface area (Å²) in [5.41, 5.74) is 1.14. The molecule has 0 heterocycles. The van der Waals surface area contributed by atoms with Crippen LogP contribution in [0.5, 0.6) is 0 Å². The van der Waals surface area contributed by atoms with Crippen LogP contribution in [0.15, 0.2) is 24.3 Å². The second kappa shape index (κ2) is 8.32. The van der Waals surface area contributed by atoms with Crippen molar-refractivity contribution >= 4 is 11.8 Å². The minimum atomic E-state index is -1.06. The SMILES string of the molecule is Cc1cccc(CNC(=O)C(C)(C)C(=O)NC2CCCCCC2)c1. The van der Waals surface area contributed by atoms with Gasteiger partial charge >= 0.3 is 0 Å². The molecule has 0 aliphatic heterocycles. The number of rotatable bonds is 5. The molecule has 1 aliphatic carbocycles. The van der Waals surface area contributed by atoms with Crippen LogP contribution in [-0.2, 0) is 16.1 Å². The molecule has 1 fully saturated rings. The van der Waals surface area contributed by atoms with E-state index in [9.17, 15) is 9.59 Å². The fourth-order valence-corrected chi connectivity index (χ4v) is 3.12. The van der Waals surface area contributed by atoms with Crippen LogP contribution in [0.4, 0.5) is 0 Å². The molecule has 0 saturated heterocycles. The molecule has 0 spiro atoms. The van der Waals surface area contributed by atoms with E-state index in [-0.39, 0.29) is 17.9 Å². The topological polar surface area (TPSA) is 58.2 Å². The average Bonchev–Trinajstić information content (AvgIpc) is 2.81. The van der Waals surface area contributed by atoms with Crippen molar-refractivity contribution in [3.63, 3.8) is 0 Å². The summed E-state index contributed by atoms with van der Waals surface area (Å²) in [6, 6.07) is 8.23. The van der Waals surface area contributed by atoms with Crippen LogP contribution in [0, 0.1) is 12.3 Å². The number of benzene rings is 1. The van der Waals surface area contributed by atoms with E-state index in [1.807, 2.05) is 31.2 Å². The summed E-state index contributed by atoms with van der Waals surface area (Å²) >= 11 is 0. The molecule has 0 aromatic heterocycles. The average molecular weight is 330 g/mol. The van der Waals surface area contributed by atoms with Crippen LogP contribution in [0.3, 0.4) is 0 Å². The molecule has 0 radical (unpaired) electrons. The molecule has 132 valence electrons. The van der Waals surface area contributed by atoms with Gasteiger partial charge in [-0.15, -0.1) is 0 Å². The molecule has 2 amide bonds. The summed E-state index contributed by atoms with van der Waals surface area (Å²) in [5, 5.41) is 5.98. The standard InChI is InChI=1S/C20H30N2O2/c1-15-9-8-10-16(13-15)14-21-18(23)20(2,3)19(24)22-17-11-6-4-5-7-12-17/h8-10,13,17H,4-7,11-12,14H2,1-3H3,(H,21,23)(H,22,24). The van der Waals surface area contributed by atoms with E-state index in [2.05, 4.69) is 10.6 Å². The van der Waals surface area contributed by atoms with Gasteiger partial charge in [-0.1, -0.05) is 55.5 Å². The van der Waals surface area contributed by atoms with E-state index in [4.69, 9.17) is 0 Å². The lowest BCUT2D eigenvalue weighted by molar-refractivity contribution is -0.141. The van der Waals surface area contributed by atoms with Gasteiger partial charge in [-0.25, -0.2) is 0 Å².